The second-order valence-corrected chi connectivity index (χ2v) is 4.25. The van der Waals surface area contributed by atoms with Crippen LogP contribution in [0, 0.1) is 11.3 Å². The van der Waals surface area contributed by atoms with Gasteiger partial charge in [-0.2, -0.15) is 5.26 Å². The van der Waals surface area contributed by atoms with Gasteiger partial charge in [-0.25, -0.2) is 4.98 Å². The van der Waals surface area contributed by atoms with Crippen molar-refractivity contribution < 1.29 is 0 Å². The van der Waals surface area contributed by atoms with Crippen molar-refractivity contribution in [3.05, 3.63) is 16.1 Å². The average Bonchev–Trinajstić information content (AvgIpc) is 2.31. The molecular weight excluding hydrogens is 156 g/mol. The quantitative estimate of drug-likeness (QED) is 0.593. The van der Waals surface area contributed by atoms with Crippen molar-refractivity contribution in [2.45, 2.75) is 26.2 Å². The van der Waals surface area contributed by atoms with E-state index in [1.165, 1.54) is 11.3 Å². The van der Waals surface area contributed by atoms with Crippen molar-refractivity contribution in [3.63, 3.8) is 0 Å². The Morgan fingerprint density at radius 1 is 1.55 bits per heavy atom. The Kier molecular flexibility index (Phi) is 1.97. The molecule has 0 saturated carbocycles. The number of rotatable bonds is 0. The van der Waals surface area contributed by atoms with Gasteiger partial charge in [0.25, 0.3) is 0 Å². The van der Waals surface area contributed by atoms with Crippen molar-refractivity contribution in [2.24, 2.45) is 0 Å². The first-order valence-corrected chi connectivity index (χ1v) is 4.27. The average molecular weight is 166 g/mol. The molecule has 0 fully saturated rings. The Hall–Kier alpha value is -0.880. The van der Waals surface area contributed by atoms with Gasteiger partial charge >= 0.3 is 0 Å². The van der Waals surface area contributed by atoms with Crippen LogP contribution in [0.15, 0.2) is 5.51 Å². The fourth-order valence-electron chi connectivity index (χ4n) is 0.860. The lowest BCUT2D eigenvalue weighted by molar-refractivity contribution is 0.571. The lowest BCUT2D eigenvalue weighted by Crippen LogP contribution is -2.12. The van der Waals surface area contributed by atoms with Gasteiger partial charge in [0.05, 0.1) is 11.2 Å². The molecule has 58 valence electrons. The molecule has 0 aliphatic heterocycles. The molecule has 0 radical (unpaired) electrons. The van der Waals surface area contributed by atoms with Gasteiger partial charge in [0.1, 0.15) is 10.9 Å². The Labute approximate surface area is 70.5 Å². The fraction of sp³-hybridized carbons (Fsp3) is 0.500. The van der Waals surface area contributed by atoms with Crippen LogP contribution in [0.2, 0.25) is 0 Å². The summed E-state index contributed by atoms with van der Waals surface area (Å²) in [6.07, 6.45) is 0. The maximum atomic E-state index is 8.69. The molecule has 0 amide bonds. The second-order valence-electron chi connectivity index (χ2n) is 3.39. The van der Waals surface area contributed by atoms with E-state index in [2.05, 4.69) is 31.8 Å². The zero-order chi connectivity index (χ0) is 8.48. The third kappa shape index (κ3) is 1.58. The molecule has 0 bridgehead atoms. The number of thiazole rings is 1. The van der Waals surface area contributed by atoms with E-state index < -0.39 is 0 Å². The van der Waals surface area contributed by atoms with E-state index in [4.69, 9.17) is 5.26 Å². The Bertz CT molecular complexity index is 288. The molecule has 0 saturated heterocycles. The van der Waals surface area contributed by atoms with Crippen molar-refractivity contribution in [1.29, 1.82) is 5.26 Å². The molecule has 0 aliphatic carbocycles. The lowest BCUT2D eigenvalue weighted by Gasteiger charge is -2.14. The number of hydrogen-bond acceptors (Lipinski definition) is 3. The van der Waals surface area contributed by atoms with Crippen LogP contribution in [0.25, 0.3) is 0 Å². The highest BCUT2D eigenvalue weighted by Gasteiger charge is 2.20. The predicted molar refractivity (Wildman–Crippen MR) is 45.5 cm³/mol. The number of nitriles is 1. The summed E-state index contributed by atoms with van der Waals surface area (Å²) in [6, 6.07) is 2.14. The molecule has 0 unspecified atom stereocenters. The number of hydrogen-bond donors (Lipinski definition) is 0. The van der Waals surface area contributed by atoms with E-state index in [9.17, 15) is 0 Å². The normalized spacial score (nSPS) is 11.1. The molecule has 11 heavy (non-hydrogen) atoms. The van der Waals surface area contributed by atoms with Gasteiger partial charge in [0.15, 0.2) is 0 Å². The molecule has 2 nitrogen and oxygen atoms in total. The van der Waals surface area contributed by atoms with Crippen LogP contribution in [-0.4, -0.2) is 4.98 Å². The molecule has 0 aromatic carbocycles. The zero-order valence-corrected chi connectivity index (χ0v) is 7.70. The molecule has 1 heterocycles. The highest BCUT2D eigenvalue weighted by atomic mass is 32.1. The molecular formula is C8H10N2S. The summed E-state index contributed by atoms with van der Waals surface area (Å²) in [6.45, 7) is 6.18. The summed E-state index contributed by atoms with van der Waals surface area (Å²) < 4.78 is 0. The summed E-state index contributed by atoms with van der Waals surface area (Å²) in [4.78, 5) is 4.89. The van der Waals surface area contributed by atoms with Gasteiger partial charge in [0.2, 0.25) is 0 Å². The van der Waals surface area contributed by atoms with Crippen LogP contribution >= 0.6 is 11.3 Å². The van der Waals surface area contributed by atoms with Crippen molar-refractivity contribution in [2.75, 3.05) is 0 Å². The minimum Gasteiger partial charge on any atom is -0.248 e. The Morgan fingerprint density at radius 3 is 2.55 bits per heavy atom. The minimum absolute atomic E-state index is 0.00887. The van der Waals surface area contributed by atoms with E-state index in [-0.39, 0.29) is 5.41 Å². The van der Waals surface area contributed by atoms with Crippen LogP contribution in [0.1, 0.15) is 31.3 Å². The van der Waals surface area contributed by atoms with Crippen LogP contribution in [0.5, 0.6) is 0 Å². The van der Waals surface area contributed by atoms with Gasteiger partial charge in [-0.15, -0.1) is 11.3 Å². The number of aromatic nitrogens is 1. The minimum atomic E-state index is -0.00887. The van der Waals surface area contributed by atoms with Crippen molar-refractivity contribution >= 4 is 11.3 Å². The zero-order valence-electron chi connectivity index (χ0n) is 6.88. The van der Waals surface area contributed by atoms with Gasteiger partial charge in [-0.3, -0.25) is 0 Å². The van der Waals surface area contributed by atoms with E-state index >= 15 is 0 Å². The summed E-state index contributed by atoms with van der Waals surface area (Å²) in [5.41, 5.74) is 2.62. The second kappa shape index (κ2) is 2.63. The first-order valence-electron chi connectivity index (χ1n) is 3.40. The molecule has 3 heteroatoms. The highest BCUT2D eigenvalue weighted by molar-refractivity contribution is 7.10. The van der Waals surface area contributed by atoms with Crippen molar-refractivity contribution in [3.8, 4) is 6.07 Å². The van der Waals surface area contributed by atoms with Crippen molar-refractivity contribution in [1.82, 2.24) is 4.98 Å². The molecule has 1 aromatic heterocycles. The summed E-state index contributed by atoms with van der Waals surface area (Å²) >= 11 is 1.40. The van der Waals surface area contributed by atoms with E-state index in [1.54, 1.807) is 5.51 Å². The number of nitrogens with zero attached hydrogens (tertiary/aromatic N) is 2. The monoisotopic (exact) mass is 166 g/mol. The third-order valence-corrected chi connectivity index (χ3v) is 2.11. The Morgan fingerprint density at radius 2 is 2.18 bits per heavy atom. The third-order valence-electron chi connectivity index (χ3n) is 1.38. The maximum absolute atomic E-state index is 8.69. The summed E-state index contributed by atoms with van der Waals surface area (Å²) in [7, 11) is 0. The molecule has 0 N–H and O–H groups in total. The summed E-state index contributed by atoms with van der Waals surface area (Å²) in [5.74, 6) is 0. The molecule has 0 atom stereocenters. The van der Waals surface area contributed by atoms with Crippen LogP contribution in [0.3, 0.4) is 0 Å². The predicted octanol–water partition coefficient (Wildman–Crippen LogP) is 2.31. The highest BCUT2D eigenvalue weighted by Crippen LogP contribution is 2.25. The molecule has 1 aromatic rings. The van der Waals surface area contributed by atoms with Crippen LogP contribution in [0.4, 0.5) is 0 Å². The maximum Gasteiger partial charge on any atom is 0.128 e. The van der Waals surface area contributed by atoms with Gasteiger partial charge in [-0.1, -0.05) is 20.8 Å². The SMILES string of the molecule is CC(C)(C)c1ncsc1C#N. The fourth-order valence-corrected chi connectivity index (χ4v) is 1.65. The van der Waals surface area contributed by atoms with Gasteiger partial charge in [-0.05, 0) is 0 Å². The first-order chi connectivity index (χ1) is 5.05. The standard InChI is InChI=1S/C8H10N2S/c1-8(2,3)7-6(4-9)11-5-10-7/h5H,1-3H3. The van der Waals surface area contributed by atoms with Gasteiger partial charge < -0.3 is 0 Å². The molecule has 0 aliphatic rings. The lowest BCUT2D eigenvalue weighted by atomic mass is 9.92. The largest absolute Gasteiger partial charge is 0.248 e. The van der Waals surface area contributed by atoms with Crippen LogP contribution < -0.4 is 0 Å². The Balaban J connectivity index is 3.15. The molecule has 1 rings (SSSR count). The smallest absolute Gasteiger partial charge is 0.128 e. The molecule has 0 spiro atoms. The topological polar surface area (TPSA) is 36.7 Å². The van der Waals surface area contributed by atoms with E-state index in [0.29, 0.717) is 0 Å². The van der Waals surface area contributed by atoms with Gasteiger partial charge in [0, 0.05) is 5.41 Å². The first kappa shape index (κ1) is 8.22. The summed E-state index contributed by atoms with van der Waals surface area (Å²) in [5, 5.41) is 8.69. The van der Waals surface area contributed by atoms with E-state index in [1.807, 2.05) is 0 Å². The van der Waals surface area contributed by atoms with Crippen LogP contribution in [-0.2, 0) is 5.41 Å². The van der Waals surface area contributed by atoms with E-state index in [0.717, 1.165) is 10.6 Å².